The number of esters is 1. The molecule has 0 saturated heterocycles. The smallest absolute Gasteiger partial charge is 0.344 e. The summed E-state index contributed by atoms with van der Waals surface area (Å²) in [4.78, 5) is 26.9. The van der Waals surface area contributed by atoms with Gasteiger partial charge in [0.1, 0.15) is 5.56 Å². The van der Waals surface area contributed by atoms with Gasteiger partial charge in [-0.25, -0.2) is 17.9 Å². The standard InChI is InChI=1S/C26H28N2O5S/c1-15-14-19(16(2)21-23(15)34(31,32)13-12-26(21,4)5)22(29)20-17(3)27-28(6)24(20)33-25(30)18-10-8-7-9-11-18/h7-11,14H,12-13H2,1-6H3. The van der Waals surface area contributed by atoms with E-state index >= 15 is 0 Å². The largest absolute Gasteiger partial charge is 0.403 e. The lowest BCUT2D eigenvalue weighted by atomic mass is 9.76. The molecule has 0 radical (unpaired) electrons. The van der Waals surface area contributed by atoms with Gasteiger partial charge in [-0.3, -0.25) is 4.79 Å². The Bertz CT molecular complexity index is 1430. The molecule has 34 heavy (non-hydrogen) atoms. The third kappa shape index (κ3) is 3.86. The van der Waals surface area contributed by atoms with Gasteiger partial charge in [-0.2, -0.15) is 5.10 Å². The monoisotopic (exact) mass is 480 g/mol. The van der Waals surface area contributed by atoms with Crippen molar-refractivity contribution in [3.63, 3.8) is 0 Å². The van der Waals surface area contributed by atoms with Crippen molar-refractivity contribution in [1.29, 1.82) is 0 Å². The Balaban J connectivity index is 1.86. The summed E-state index contributed by atoms with van der Waals surface area (Å²) in [6.45, 7) is 9.20. The molecule has 3 aromatic rings. The van der Waals surface area contributed by atoms with Crippen LogP contribution in [-0.2, 0) is 22.3 Å². The molecule has 0 spiro atoms. The number of aromatic nitrogens is 2. The number of carbonyl (C=O) groups is 2. The molecular weight excluding hydrogens is 452 g/mol. The van der Waals surface area contributed by atoms with E-state index in [0.717, 1.165) is 0 Å². The van der Waals surface area contributed by atoms with Crippen molar-refractivity contribution in [2.45, 2.75) is 51.3 Å². The van der Waals surface area contributed by atoms with Gasteiger partial charge in [-0.1, -0.05) is 32.0 Å². The van der Waals surface area contributed by atoms with Crippen LogP contribution in [0.25, 0.3) is 0 Å². The van der Waals surface area contributed by atoms with E-state index < -0.39 is 21.2 Å². The lowest BCUT2D eigenvalue weighted by molar-refractivity contribution is 0.0718. The molecule has 0 atom stereocenters. The van der Waals surface area contributed by atoms with Crippen LogP contribution < -0.4 is 4.74 Å². The summed E-state index contributed by atoms with van der Waals surface area (Å²) >= 11 is 0. The fraction of sp³-hybridized carbons (Fsp3) is 0.346. The van der Waals surface area contributed by atoms with Gasteiger partial charge in [-0.15, -0.1) is 0 Å². The molecule has 0 aliphatic carbocycles. The number of nitrogens with zero attached hydrogens (tertiary/aromatic N) is 2. The second kappa shape index (κ2) is 8.20. The number of ketones is 1. The molecule has 2 aromatic carbocycles. The topological polar surface area (TPSA) is 95.3 Å². The van der Waals surface area contributed by atoms with Crippen LogP contribution in [0.4, 0.5) is 0 Å². The first-order chi connectivity index (χ1) is 15.8. The van der Waals surface area contributed by atoms with Gasteiger partial charge in [0.25, 0.3) is 0 Å². The first-order valence-corrected chi connectivity index (χ1v) is 12.7. The number of hydrogen-bond acceptors (Lipinski definition) is 6. The van der Waals surface area contributed by atoms with Crippen molar-refractivity contribution in [2.75, 3.05) is 5.75 Å². The molecule has 0 unspecified atom stereocenters. The van der Waals surface area contributed by atoms with Gasteiger partial charge in [0.2, 0.25) is 11.7 Å². The Labute approximate surface area is 199 Å². The highest BCUT2D eigenvalue weighted by Gasteiger charge is 2.40. The number of fused-ring (bicyclic) bond motifs is 1. The van der Waals surface area contributed by atoms with Gasteiger partial charge >= 0.3 is 5.97 Å². The minimum atomic E-state index is -3.43. The molecule has 1 aliphatic rings. The summed E-state index contributed by atoms with van der Waals surface area (Å²) in [6, 6.07) is 10.1. The predicted molar refractivity (Wildman–Crippen MR) is 128 cm³/mol. The minimum absolute atomic E-state index is 0.0537. The molecule has 4 rings (SSSR count). The van der Waals surface area contributed by atoms with Gasteiger partial charge in [0, 0.05) is 12.6 Å². The first kappa shape index (κ1) is 23.9. The molecule has 7 nitrogen and oxygen atoms in total. The van der Waals surface area contributed by atoms with Crippen LogP contribution >= 0.6 is 0 Å². The third-order valence-electron chi connectivity index (χ3n) is 6.55. The molecular formula is C26H28N2O5S. The van der Waals surface area contributed by atoms with Gasteiger partial charge in [0.15, 0.2) is 9.84 Å². The molecule has 178 valence electrons. The van der Waals surface area contributed by atoms with E-state index in [1.165, 1.54) is 4.68 Å². The van der Waals surface area contributed by atoms with Crippen molar-refractivity contribution in [1.82, 2.24) is 9.78 Å². The zero-order chi connectivity index (χ0) is 25.0. The molecule has 0 saturated carbocycles. The van der Waals surface area contributed by atoms with E-state index in [2.05, 4.69) is 5.10 Å². The summed E-state index contributed by atoms with van der Waals surface area (Å²) in [5.74, 6) is -0.813. The molecule has 2 heterocycles. The van der Waals surface area contributed by atoms with Gasteiger partial charge < -0.3 is 4.74 Å². The highest BCUT2D eigenvalue weighted by Crippen LogP contribution is 2.43. The Morgan fingerprint density at radius 1 is 1.09 bits per heavy atom. The predicted octanol–water partition coefficient (Wildman–Crippen LogP) is 4.25. The summed E-state index contributed by atoms with van der Waals surface area (Å²) in [6.07, 6.45) is 0.478. The second-order valence-corrected chi connectivity index (χ2v) is 11.5. The maximum atomic E-state index is 13.9. The lowest BCUT2D eigenvalue weighted by Gasteiger charge is -2.35. The summed E-state index contributed by atoms with van der Waals surface area (Å²) in [5, 5.41) is 4.32. The number of sulfone groups is 1. The van der Waals surface area contributed by atoms with Crippen molar-refractivity contribution >= 4 is 21.6 Å². The van der Waals surface area contributed by atoms with Crippen LogP contribution in [0.5, 0.6) is 5.88 Å². The third-order valence-corrected chi connectivity index (χ3v) is 8.44. The Morgan fingerprint density at radius 2 is 1.74 bits per heavy atom. The number of benzene rings is 2. The molecule has 1 aromatic heterocycles. The quantitative estimate of drug-likeness (QED) is 0.409. The fourth-order valence-electron chi connectivity index (χ4n) is 4.83. The van der Waals surface area contributed by atoms with Crippen LogP contribution in [0.2, 0.25) is 0 Å². The second-order valence-electron chi connectivity index (χ2n) is 9.50. The van der Waals surface area contributed by atoms with Gasteiger partial charge in [-0.05, 0) is 67.5 Å². The summed E-state index contributed by atoms with van der Waals surface area (Å²) < 4.78 is 32.8. The SMILES string of the molecule is Cc1cc(C(=O)c2c(C)nn(C)c2OC(=O)c2ccccc2)c(C)c2c1S(=O)(=O)CCC2(C)C. The van der Waals surface area contributed by atoms with Crippen LogP contribution in [0.3, 0.4) is 0 Å². The molecule has 0 bridgehead atoms. The molecule has 0 N–H and O–H groups in total. The van der Waals surface area contributed by atoms with E-state index in [4.69, 9.17) is 4.74 Å². The number of rotatable bonds is 4. The van der Waals surface area contributed by atoms with Crippen molar-refractivity contribution < 1.29 is 22.7 Å². The van der Waals surface area contributed by atoms with E-state index in [9.17, 15) is 18.0 Å². The number of hydrogen-bond donors (Lipinski definition) is 0. The van der Waals surface area contributed by atoms with Crippen LogP contribution in [0, 0.1) is 20.8 Å². The zero-order valence-electron chi connectivity index (χ0n) is 20.2. The maximum Gasteiger partial charge on any atom is 0.344 e. The Hall–Kier alpha value is -3.26. The average Bonchev–Trinajstić information content (AvgIpc) is 3.05. The van der Waals surface area contributed by atoms with Gasteiger partial charge in [0.05, 0.1) is 21.9 Å². The van der Waals surface area contributed by atoms with Crippen molar-refractivity contribution in [3.8, 4) is 5.88 Å². The minimum Gasteiger partial charge on any atom is -0.403 e. The Morgan fingerprint density at radius 3 is 2.38 bits per heavy atom. The van der Waals surface area contributed by atoms with E-state index in [1.807, 2.05) is 13.8 Å². The number of ether oxygens (including phenoxy) is 1. The number of aryl methyl sites for hydroxylation is 3. The number of carbonyl (C=O) groups excluding carboxylic acids is 2. The first-order valence-electron chi connectivity index (χ1n) is 11.1. The molecule has 0 amide bonds. The summed E-state index contributed by atoms with van der Waals surface area (Å²) in [5.41, 5.74) is 2.80. The van der Waals surface area contributed by atoms with Crippen LogP contribution in [0.1, 0.15) is 68.9 Å². The highest BCUT2D eigenvalue weighted by atomic mass is 32.2. The van der Waals surface area contributed by atoms with Crippen LogP contribution in [0.15, 0.2) is 41.3 Å². The summed E-state index contributed by atoms with van der Waals surface area (Å²) in [7, 11) is -1.82. The highest BCUT2D eigenvalue weighted by molar-refractivity contribution is 7.91. The molecule has 0 fully saturated rings. The van der Waals surface area contributed by atoms with E-state index in [0.29, 0.717) is 44.8 Å². The normalized spacial score (nSPS) is 16.1. The van der Waals surface area contributed by atoms with Crippen molar-refractivity contribution in [2.24, 2.45) is 7.05 Å². The molecule has 8 heteroatoms. The van der Waals surface area contributed by atoms with Crippen LogP contribution in [-0.4, -0.2) is 35.7 Å². The van der Waals surface area contributed by atoms with Crippen molar-refractivity contribution in [3.05, 3.63) is 75.5 Å². The zero-order valence-corrected chi connectivity index (χ0v) is 21.0. The maximum absolute atomic E-state index is 13.9. The van der Waals surface area contributed by atoms with E-state index in [1.54, 1.807) is 64.2 Å². The average molecular weight is 481 g/mol. The fourth-order valence-corrected chi connectivity index (χ4v) is 7.10. The molecule has 1 aliphatic heterocycles. The Kier molecular flexibility index (Phi) is 5.76. The lowest BCUT2D eigenvalue weighted by Crippen LogP contribution is -2.33. The van der Waals surface area contributed by atoms with E-state index in [-0.39, 0.29) is 23.0 Å².